The minimum atomic E-state index is -0.336. The number of rotatable bonds is 20. The van der Waals surface area contributed by atoms with E-state index >= 15 is 0 Å². The van der Waals surface area contributed by atoms with Crippen molar-refractivity contribution in [3.8, 4) is 0 Å². The van der Waals surface area contributed by atoms with E-state index in [9.17, 15) is 20.1 Å². The quantitative estimate of drug-likeness (QED) is 0.243. The van der Waals surface area contributed by atoms with Crippen molar-refractivity contribution < 1.29 is 24.9 Å². The Bertz CT molecular complexity index is 384. The first-order valence-corrected chi connectivity index (χ1v) is 12.3. The maximum Gasteiger partial charge on any atom is 0.185 e. The van der Waals surface area contributed by atoms with Gasteiger partial charge >= 0.3 is 0 Å². The van der Waals surface area contributed by atoms with Crippen LogP contribution in [0.5, 0.6) is 0 Å². The first-order chi connectivity index (χ1) is 13.8. The van der Waals surface area contributed by atoms with Crippen molar-refractivity contribution in [2.24, 2.45) is 10.8 Å². The van der Waals surface area contributed by atoms with Gasteiger partial charge in [-0.2, -0.15) is 0 Å². The number of aliphatic hydroxyl groups excluding tert-OH is 3. The lowest BCUT2D eigenvalue weighted by atomic mass is 9.79. The molecule has 0 aromatic rings. The van der Waals surface area contributed by atoms with Gasteiger partial charge in [0.15, 0.2) is 5.12 Å². The van der Waals surface area contributed by atoms with Gasteiger partial charge in [-0.05, 0) is 37.5 Å². The molecule has 29 heavy (non-hydrogen) atoms. The summed E-state index contributed by atoms with van der Waals surface area (Å²) in [5, 5.41) is 28.3. The molecule has 0 aromatic heterocycles. The summed E-state index contributed by atoms with van der Waals surface area (Å²) in [6.45, 7) is 7.35. The Hall–Kier alpha value is -0.140. The number of aliphatic hydroxyl groups is 3. The van der Waals surface area contributed by atoms with Crippen molar-refractivity contribution in [1.29, 1.82) is 0 Å². The van der Waals surface area contributed by atoms with E-state index in [2.05, 4.69) is 13.8 Å². The molecule has 174 valence electrons. The second kappa shape index (κ2) is 17.5. The normalized spacial score (nSPS) is 12.5. The Labute approximate surface area is 183 Å². The van der Waals surface area contributed by atoms with Crippen LogP contribution in [0, 0.1) is 10.8 Å². The van der Waals surface area contributed by atoms with E-state index in [0.717, 1.165) is 18.6 Å². The number of hydrogen-bond donors (Lipinski definition) is 3. The van der Waals surface area contributed by atoms with Crippen molar-refractivity contribution >= 4 is 16.9 Å². The van der Waals surface area contributed by atoms with Gasteiger partial charge in [-0.3, -0.25) is 4.79 Å². The predicted octanol–water partition coefficient (Wildman–Crippen LogP) is 4.56. The fourth-order valence-corrected chi connectivity index (χ4v) is 4.36. The van der Waals surface area contributed by atoms with Gasteiger partial charge in [-0.25, -0.2) is 0 Å². The third kappa shape index (κ3) is 16.3. The van der Waals surface area contributed by atoms with Crippen LogP contribution in [0.25, 0.3) is 0 Å². The lowest BCUT2D eigenvalue weighted by Crippen LogP contribution is -2.33. The minimum Gasteiger partial charge on any atom is -0.396 e. The van der Waals surface area contributed by atoms with Crippen molar-refractivity contribution in [1.82, 2.24) is 0 Å². The monoisotopic (exact) mass is 434 g/mol. The van der Waals surface area contributed by atoms with Crippen LogP contribution in [0.2, 0.25) is 0 Å². The second-order valence-corrected chi connectivity index (χ2v) is 10.4. The second-order valence-electron chi connectivity index (χ2n) is 9.14. The molecule has 0 amide bonds. The molecule has 0 saturated heterocycles. The highest BCUT2D eigenvalue weighted by Crippen LogP contribution is 2.32. The third-order valence-corrected chi connectivity index (χ3v) is 6.53. The molecule has 0 bridgehead atoms. The number of ether oxygens (including phenoxy) is 1. The van der Waals surface area contributed by atoms with Gasteiger partial charge in [0.25, 0.3) is 0 Å². The third-order valence-electron chi connectivity index (χ3n) is 5.63. The van der Waals surface area contributed by atoms with Gasteiger partial charge in [0.05, 0.1) is 13.2 Å². The maximum absolute atomic E-state index is 10.9. The number of unbranched alkanes of at least 4 members (excludes halogenated alkanes) is 6. The number of hydrogen-bond acceptors (Lipinski definition) is 6. The van der Waals surface area contributed by atoms with Crippen LogP contribution in [0.1, 0.15) is 91.4 Å². The van der Waals surface area contributed by atoms with E-state index in [0.29, 0.717) is 32.5 Å². The van der Waals surface area contributed by atoms with Crippen molar-refractivity contribution in [3.05, 3.63) is 0 Å². The molecule has 0 fully saturated rings. The van der Waals surface area contributed by atoms with Crippen LogP contribution < -0.4 is 0 Å². The fraction of sp³-hybridized carbons (Fsp3) is 0.957. The molecule has 0 aliphatic heterocycles. The van der Waals surface area contributed by atoms with E-state index in [1.54, 1.807) is 6.92 Å². The lowest BCUT2D eigenvalue weighted by Gasteiger charge is -2.34. The number of carbonyl (C=O) groups is 1. The summed E-state index contributed by atoms with van der Waals surface area (Å²) in [5.74, 6) is 0.958. The highest BCUT2D eigenvalue weighted by atomic mass is 32.2. The SMILES string of the molecule is CC(=O)SCCCCCCCCCC(C)(C)COCC(CCO)(CCO)CCO. The van der Waals surface area contributed by atoms with Crippen molar-refractivity contribution in [3.63, 3.8) is 0 Å². The molecule has 5 nitrogen and oxygen atoms in total. The molecule has 0 aliphatic rings. The van der Waals surface area contributed by atoms with Gasteiger partial charge in [0.2, 0.25) is 0 Å². The molecule has 0 aromatic carbocycles. The zero-order chi connectivity index (χ0) is 22.0. The van der Waals surface area contributed by atoms with Gasteiger partial charge < -0.3 is 20.1 Å². The molecular formula is C23H46O5S. The summed E-state index contributed by atoms with van der Waals surface area (Å²) in [4.78, 5) is 10.9. The number of carbonyl (C=O) groups excluding carboxylic acids is 1. The van der Waals surface area contributed by atoms with E-state index in [4.69, 9.17) is 4.74 Å². The molecule has 0 aliphatic carbocycles. The average molecular weight is 435 g/mol. The lowest BCUT2D eigenvalue weighted by molar-refractivity contribution is -0.109. The smallest absolute Gasteiger partial charge is 0.185 e. The molecule has 0 rings (SSSR count). The average Bonchev–Trinajstić information content (AvgIpc) is 2.63. The van der Waals surface area contributed by atoms with Gasteiger partial charge in [0.1, 0.15) is 0 Å². The van der Waals surface area contributed by atoms with E-state index in [-0.39, 0.29) is 35.8 Å². The van der Waals surface area contributed by atoms with Crippen molar-refractivity contribution in [2.75, 3.05) is 38.8 Å². The van der Waals surface area contributed by atoms with Crippen LogP contribution in [-0.2, 0) is 9.53 Å². The summed E-state index contributed by atoms with van der Waals surface area (Å²) in [5.41, 5.74) is -0.232. The summed E-state index contributed by atoms with van der Waals surface area (Å²) in [6.07, 6.45) is 11.3. The van der Waals surface area contributed by atoms with Crippen LogP contribution >= 0.6 is 11.8 Å². The molecule has 0 radical (unpaired) electrons. The summed E-state index contributed by atoms with van der Waals surface area (Å²) >= 11 is 1.43. The van der Waals surface area contributed by atoms with E-state index in [1.165, 1.54) is 50.3 Å². The van der Waals surface area contributed by atoms with E-state index in [1.807, 2.05) is 0 Å². The van der Waals surface area contributed by atoms with Gasteiger partial charge in [-0.15, -0.1) is 0 Å². The van der Waals surface area contributed by atoms with Gasteiger partial charge in [0, 0.05) is 37.9 Å². The number of thioether (sulfide) groups is 1. The molecule has 3 N–H and O–H groups in total. The Morgan fingerprint density at radius 1 is 0.759 bits per heavy atom. The standard InChI is InChI=1S/C23H46O5S/c1-21(27)29-18-10-8-6-4-5-7-9-11-22(2,3)19-28-20-23(12-15-24,13-16-25)14-17-26/h24-26H,4-20H2,1-3H3. The molecular weight excluding hydrogens is 388 g/mol. The first-order valence-electron chi connectivity index (χ1n) is 11.3. The molecule has 0 atom stereocenters. The van der Waals surface area contributed by atoms with Crippen LogP contribution in [0.4, 0.5) is 0 Å². The molecule has 0 heterocycles. The van der Waals surface area contributed by atoms with E-state index < -0.39 is 0 Å². The first kappa shape index (κ1) is 28.9. The Morgan fingerprint density at radius 3 is 1.72 bits per heavy atom. The highest BCUT2D eigenvalue weighted by Gasteiger charge is 2.30. The van der Waals surface area contributed by atoms with Crippen LogP contribution in [0.15, 0.2) is 0 Å². The molecule has 0 unspecified atom stereocenters. The van der Waals surface area contributed by atoms with Crippen LogP contribution in [-0.4, -0.2) is 59.2 Å². The minimum absolute atomic E-state index is 0.0440. The highest BCUT2D eigenvalue weighted by molar-refractivity contribution is 8.13. The summed E-state index contributed by atoms with van der Waals surface area (Å²) < 4.78 is 6.01. The Morgan fingerprint density at radius 2 is 1.24 bits per heavy atom. The zero-order valence-electron chi connectivity index (χ0n) is 19.1. The molecule has 6 heteroatoms. The Balaban J connectivity index is 3.92. The zero-order valence-corrected chi connectivity index (χ0v) is 19.9. The fourth-order valence-electron chi connectivity index (χ4n) is 3.72. The summed E-state index contributed by atoms with van der Waals surface area (Å²) in [7, 11) is 0. The molecule has 0 saturated carbocycles. The van der Waals surface area contributed by atoms with Crippen LogP contribution in [0.3, 0.4) is 0 Å². The van der Waals surface area contributed by atoms with Gasteiger partial charge in [-0.1, -0.05) is 64.1 Å². The molecule has 0 spiro atoms. The Kier molecular flexibility index (Phi) is 17.4. The predicted molar refractivity (Wildman–Crippen MR) is 122 cm³/mol. The topological polar surface area (TPSA) is 87.0 Å². The maximum atomic E-state index is 10.9. The largest absolute Gasteiger partial charge is 0.396 e. The van der Waals surface area contributed by atoms with Crippen molar-refractivity contribution in [2.45, 2.75) is 91.4 Å². The summed E-state index contributed by atoms with van der Waals surface area (Å²) in [6, 6.07) is 0.